The summed E-state index contributed by atoms with van der Waals surface area (Å²) in [6, 6.07) is 7.38. The van der Waals surface area contributed by atoms with Gasteiger partial charge in [0, 0.05) is 5.92 Å². The molecule has 0 heterocycles. The second kappa shape index (κ2) is 3.77. The Morgan fingerprint density at radius 1 is 1.19 bits per heavy atom. The number of amides is 1. The van der Waals surface area contributed by atoms with Crippen LogP contribution in [0.1, 0.15) is 19.3 Å². The number of rotatable bonds is 2. The van der Waals surface area contributed by atoms with Gasteiger partial charge in [0.25, 0.3) is 0 Å². The molecule has 16 heavy (non-hydrogen) atoms. The lowest BCUT2D eigenvalue weighted by atomic mass is 10.0. The molecule has 0 aliphatic heterocycles. The van der Waals surface area contributed by atoms with Crippen molar-refractivity contribution >= 4 is 23.2 Å². The van der Waals surface area contributed by atoms with Gasteiger partial charge < -0.3 is 5.32 Å². The highest BCUT2D eigenvalue weighted by Gasteiger charge is 2.47. The summed E-state index contributed by atoms with van der Waals surface area (Å²) in [5.41, 5.74) is 0.731. The number of para-hydroxylation sites is 1. The molecule has 2 aliphatic rings. The van der Waals surface area contributed by atoms with Gasteiger partial charge in [-0.25, -0.2) is 0 Å². The summed E-state index contributed by atoms with van der Waals surface area (Å²) in [5.74, 6) is 2.02. The first kappa shape index (κ1) is 10.2. The third-order valence-corrected chi connectivity index (χ3v) is 4.08. The van der Waals surface area contributed by atoms with E-state index in [0.717, 1.165) is 30.4 Å². The fourth-order valence-electron chi connectivity index (χ4n) is 2.73. The van der Waals surface area contributed by atoms with Crippen molar-refractivity contribution in [3.63, 3.8) is 0 Å². The fraction of sp³-hybridized carbons (Fsp3) is 0.462. The molecule has 1 aromatic rings. The maximum absolute atomic E-state index is 12.0. The van der Waals surface area contributed by atoms with Gasteiger partial charge in [-0.15, -0.1) is 0 Å². The molecule has 0 bridgehead atoms. The number of hydrogen-bond donors (Lipinski definition) is 1. The monoisotopic (exact) mass is 235 g/mol. The van der Waals surface area contributed by atoms with Crippen LogP contribution in [0.4, 0.5) is 5.69 Å². The number of anilines is 1. The summed E-state index contributed by atoms with van der Waals surface area (Å²) < 4.78 is 0. The van der Waals surface area contributed by atoms with Gasteiger partial charge in [-0.1, -0.05) is 23.7 Å². The molecular weight excluding hydrogens is 222 g/mol. The van der Waals surface area contributed by atoms with Crippen molar-refractivity contribution in [1.29, 1.82) is 0 Å². The molecule has 2 saturated carbocycles. The van der Waals surface area contributed by atoms with Crippen LogP contribution in [0.25, 0.3) is 0 Å². The summed E-state index contributed by atoms with van der Waals surface area (Å²) in [5, 5.41) is 3.53. The van der Waals surface area contributed by atoms with Gasteiger partial charge in [-0.05, 0) is 43.2 Å². The third kappa shape index (κ3) is 1.82. The Hall–Kier alpha value is -1.02. The van der Waals surface area contributed by atoms with Crippen LogP contribution in [0, 0.1) is 17.8 Å². The van der Waals surface area contributed by atoms with Crippen LogP contribution >= 0.6 is 11.6 Å². The topological polar surface area (TPSA) is 29.1 Å². The smallest absolute Gasteiger partial charge is 0.227 e. The van der Waals surface area contributed by atoms with Crippen molar-refractivity contribution in [3.05, 3.63) is 29.3 Å². The summed E-state index contributed by atoms with van der Waals surface area (Å²) in [4.78, 5) is 12.0. The molecular formula is C13H14ClNO. The van der Waals surface area contributed by atoms with Crippen LogP contribution in [0.5, 0.6) is 0 Å². The van der Waals surface area contributed by atoms with E-state index in [1.807, 2.05) is 18.2 Å². The lowest BCUT2D eigenvalue weighted by Crippen LogP contribution is -2.21. The van der Waals surface area contributed by atoms with E-state index >= 15 is 0 Å². The quantitative estimate of drug-likeness (QED) is 0.837. The van der Waals surface area contributed by atoms with E-state index < -0.39 is 0 Å². The fourth-order valence-corrected chi connectivity index (χ4v) is 2.91. The molecule has 84 valence electrons. The zero-order valence-electron chi connectivity index (χ0n) is 8.95. The Bertz CT molecular complexity index is 422. The molecule has 3 heteroatoms. The van der Waals surface area contributed by atoms with Crippen LogP contribution in [0.15, 0.2) is 24.3 Å². The van der Waals surface area contributed by atoms with E-state index in [1.165, 1.54) is 6.42 Å². The number of carbonyl (C=O) groups is 1. The van der Waals surface area contributed by atoms with Crippen molar-refractivity contribution in [3.8, 4) is 0 Å². The molecule has 0 radical (unpaired) electrons. The number of hydrogen-bond acceptors (Lipinski definition) is 1. The molecule has 2 nitrogen and oxygen atoms in total. The molecule has 1 N–H and O–H groups in total. The van der Waals surface area contributed by atoms with Crippen molar-refractivity contribution in [2.45, 2.75) is 19.3 Å². The minimum Gasteiger partial charge on any atom is -0.325 e. The van der Waals surface area contributed by atoms with Gasteiger partial charge in [0.2, 0.25) is 5.91 Å². The van der Waals surface area contributed by atoms with Crippen molar-refractivity contribution < 1.29 is 4.79 Å². The van der Waals surface area contributed by atoms with E-state index in [2.05, 4.69) is 5.32 Å². The molecule has 1 aromatic carbocycles. The second-order valence-electron chi connectivity index (χ2n) is 4.89. The van der Waals surface area contributed by atoms with Crippen LogP contribution in [0.3, 0.4) is 0 Å². The number of carbonyl (C=O) groups excluding carboxylic acids is 1. The van der Waals surface area contributed by atoms with E-state index in [1.54, 1.807) is 6.07 Å². The van der Waals surface area contributed by atoms with E-state index in [-0.39, 0.29) is 11.8 Å². The van der Waals surface area contributed by atoms with Crippen molar-refractivity contribution in [2.24, 2.45) is 17.8 Å². The van der Waals surface area contributed by atoms with Gasteiger partial charge in [0.15, 0.2) is 0 Å². The first-order valence-corrected chi connectivity index (χ1v) is 6.17. The number of halogens is 1. The zero-order chi connectivity index (χ0) is 11.1. The first-order valence-electron chi connectivity index (χ1n) is 5.79. The largest absolute Gasteiger partial charge is 0.325 e. The summed E-state index contributed by atoms with van der Waals surface area (Å²) in [6.45, 7) is 0. The number of nitrogens with one attached hydrogen (secondary N) is 1. The maximum atomic E-state index is 12.0. The van der Waals surface area contributed by atoms with Gasteiger partial charge in [-0.2, -0.15) is 0 Å². The Kier molecular flexibility index (Phi) is 2.40. The van der Waals surface area contributed by atoms with Gasteiger partial charge in [-0.3, -0.25) is 4.79 Å². The van der Waals surface area contributed by atoms with Gasteiger partial charge in [0.1, 0.15) is 0 Å². The molecule has 3 rings (SSSR count). The molecule has 2 aliphatic carbocycles. The normalized spacial score (nSPS) is 30.9. The molecule has 0 spiro atoms. The van der Waals surface area contributed by atoms with Gasteiger partial charge in [0.05, 0.1) is 10.7 Å². The number of benzene rings is 1. The van der Waals surface area contributed by atoms with E-state index in [0.29, 0.717) is 5.02 Å². The first-order chi connectivity index (χ1) is 7.74. The number of fused-ring (bicyclic) bond motifs is 1. The molecule has 0 aromatic heterocycles. The standard InChI is InChI=1S/C13H14ClNO/c14-11-3-1-2-4-12(11)15-13(16)10-6-8-5-9(8)7-10/h1-4,8-10H,5-7H2,(H,15,16). The van der Waals surface area contributed by atoms with E-state index in [4.69, 9.17) is 11.6 Å². The lowest BCUT2D eigenvalue weighted by Gasteiger charge is -2.13. The molecule has 0 saturated heterocycles. The van der Waals surface area contributed by atoms with Crippen LogP contribution in [-0.4, -0.2) is 5.91 Å². The van der Waals surface area contributed by atoms with Crippen LogP contribution in [0.2, 0.25) is 5.02 Å². The van der Waals surface area contributed by atoms with Crippen molar-refractivity contribution in [2.75, 3.05) is 5.32 Å². The highest BCUT2D eigenvalue weighted by Crippen LogP contribution is 2.54. The SMILES string of the molecule is O=C(Nc1ccccc1Cl)C1CC2CC2C1. The average Bonchev–Trinajstić information content (AvgIpc) is 2.89. The van der Waals surface area contributed by atoms with Crippen molar-refractivity contribution in [1.82, 2.24) is 0 Å². The Morgan fingerprint density at radius 3 is 2.56 bits per heavy atom. The minimum absolute atomic E-state index is 0.139. The predicted molar refractivity (Wildman–Crippen MR) is 64.4 cm³/mol. The molecule has 1 amide bonds. The van der Waals surface area contributed by atoms with E-state index in [9.17, 15) is 4.79 Å². The third-order valence-electron chi connectivity index (χ3n) is 3.75. The highest BCUT2D eigenvalue weighted by molar-refractivity contribution is 6.33. The van der Waals surface area contributed by atoms with Gasteiger partial charge >= 0.3 is 0 Å². The summed E-state index contributed by atoms with van der Waals surface area (Å²) in [6.07, 6.45) is 3.48. The summed E-state index contributed by atoms with van der Waals surface area (Å²) in [7, 11) is 0. The highest BCUT2D eigenvalue weighted by atomic mass is 35.5. The predicted octanol–water partition coefficient (Wildman–Crippen LogP) is 3.32. The lowest BCUT2D eigenvalue weighted by molar-refractivity contribution is -0.120. The average molecular weight is 236 g/mol. The van der Waals surface area contributed by atoms with Crippen LogP contribution in [-0.2, 0) is 4.79 Å². The molecule has 2 unspecified atom stereocenters. The Morgan fingerprint density at radius 2 is 1.88 bits per heavy atom. The second-order valence-corrected chi connectivity index (χ2v) is 5.30. The Balaban J connectivity index is 1.66. The molecule has 2 atom stereocenters. The maximum Gasteiger partial charge on any atom is 0.227 e. The molecule has 2 fully saturated rings. The zero-order valence-corrected chi connectivity index (χ0v) is 9.70. The minimum atomic E-state index is 0.139. The summed E-state index contributed by atoms with van der Waals surface area (Å²) >= 11 is 6.00. The van der Waals surface area contributed by atoms with Crippen LogP contribution < -0.4 is 5.32 Å². The Labute approximate surface area is 100.0 Å².